The number of benzene rings is 1. The third kappa shape index (κ3) is 1.57. The first-order valence-electron chi connectivity index (χ1n) is 4.66. The molecule has 1 aliphatic rings. The third-order valence-corrected chi connectivity index (χ3v) is 2.40. The number of fused-ring (bicyclic) bond motifs is 1. The predicted octanol–water partition coefficient (Wildman–Crippen LogP) is 2.25. The first kappa shape index (κ1) is 8.30. The summed E-state index contributed by atoms with van der Waals surface area (Å²) in [5.74, 6) is 0.591. The molecule has 0 saturated carbocycles. The first-order valence-corrected chi connectivity index (χ1v) is 4.66. The summed E-state index contributed by atoms with van der Waals surface area (Å²) < 4.78 is 0. The topological polar surface area (TPSA) is 24.4 Å². The van der Waals surface area contributed by atoms with Crippen LogP contribution in [-0.2, 0) is 6.54 Å². The molecule has 13 heavy (non-hydrogen) atoms. The minimum atomic E-state index is 0.591. The lowest BCUT2D eigenvalue weighted by molar-refractivity contribution is 0.733. The van der Waals surface area contributed by atoms with Gasteiger partial charge in [0, 0.05) is 0 Å². The summed E-state index contributed by atoms with van der Waals surface area (Å²) in [6.07, 6.45) is 1.89. The van der Waals surface area contributed by atoms with Gasteiger partial charge in [-0.2, -0.15) is 5.10 Å². The highest BCUT2D eigenvalue weighted by molar-refractivity contribution is 5.82. The number of hydrazone groups is 1. The molecule has 0 aromatic heterocycles. The van der Waals surface area contributed by atoms with E-state index in [2.05, 4.69) is 42.6 Å². The zero-order chi connectivity index (χ0) is 9.26. The highest BCUT2D eigenvalue weighted by atomic mass is 15.3. The fourth-order valence-electron chi connectivity index (χ4n) is 1.50. The van der Waals surface area contributed by atoms with Crippen LogP contribution in [0.1, 0.15) is 36.5 Å². The summed E-state index contributed by atoms with van der Waals surface area (Å²) in [4.78, 5) is 0. The van der Waals surface area contributed by atoms with Crippen molar-refractivity contribution in [1.29, 1.82) is 0 Å². The van der Waals surface area contributed by atoms with E-state index in [4.69, 9.17) is 0 Å². The highest BCUT2D eigenvalue weighted by Crippen LogP contribution is 2.19. The van der Waals surface area contributed by atoms with Crippen LogP contribution >= 0.6 is 0 Å². The van der Waals surface area contributed by atoms with Crippen LogP contribution in [0.2, 0.25) is 0 Å². The van der Waals surface area contributed by atoms with E-state index in [1.807, 2.05) is 6.21 Å². The van der Waals surface area contributed by atoms with Gasteiger partial charge in [-0.05, 0) is 28.7 Å². The summed E-state index contributed by atoms with van der Waals surface area (Å²) in [5, 5.41) is 4.04. The molecule has 1 aromatic rings. The van der Waals surface area contributed by atoms with Gasteiger partial charge in [-0.1, -0.05) is 26.0 Å². The lowest BCUT2D eigenvalue weighted by Crippen LogP contribution is -2.13. The monoisotopic (exact) mass is 174 g/mol. The Kier molecular flexibility index (Phi) is 2.05. The number of hydrogen-bond donors (Lipinski definition) is 1. The number of rotatable bonds is 1. The third-order valence-electron chi connectivity index (χ3n) is 2.40. The van der Waals surface area contributed by atoms with Crippen molar-refractivity contribution in [3.8, 4) is 0 Å². The summed E-state index contributed by atoms with van der Waals surface area (Å²) >= 11 is 0. The minimum Gasteiger partial charge on any atom is -0.306 e. The summed E-state index contributed by atoms with van der Waals surface area (Å²) in [7, 11) is 0. The van der Waals surface area contributed by atoms with Gasteiger partial charge < -0.3 is 5.43 Å². The number of hydrogen-bond acceptors (Lipinski definition) is 2. The Morgan fingerprint density at radius 1 is 1.38 bits per heavy atom. The average Bonchev–Trinajstić information content (AvgIpc) is 2.17. The number of nitrogens with one attached hydrogen (secondary N) is 1. The van der Waals surface area contributed by atoms with E-state index in [-0.39, 0.29) is 0 Å². The van der Waals surface area contributed by atoms with Crippen molar-refractivity contribution >= 4 is 6.21 Å². The molecule has 2 nitrogen and oxygen atoms in total. The van der Waals surface area contributed by atoms with E-state index in [0.717, 1.165) is 6.54 Å². The molecule has 0 atom stereocenters. The quantitative estimate of drug-likeness (QED) is 0.693. The Labute approximate surface area is 78.7 Å². The lowest BCUT2D eigenvalue weighted by atomic mass is 9.97. The van der Waals surface area contributed by atoms with E-state index >= 15 is 0 Å². The molecule has 0 amide bonds. The summed E-state index contributed by atoms with van der Waals surface area (Å²) in [5.41, 5.74) is 6.93. The second kappa shape index (κ2) is 3.21. The van der Waals surface area contributed by atoms with Crippen LogP contribution in [0, 0.1) is 0 Å². The Bertz CT molecular complexity index is 340. The van der Waals surface area contributed by atoms with Gasteiger partial charge in [-0.25, -0.2) is 0 Å². The molecule has 2 rings (SSSR count). The molecular formula is C11H14N2. The molecule has 0 aliphatic carbocycles. The molecule has 0 bridgehead atoms. The molecule has 2 heteroatoms. The van der Waals surface area contributed by atoms with E-state index in [9.17, 15) is 0 Å². The van der Waals surface area contributed by atoms with Gasteiger partial charge in [0.15, 0.2) is 0 Å². The van der Waals surface area contributed by atoms with Crippen molar-refractivity contribution in [3.63, 3.8) is 0 Å². The Hall–Kier alpha value is -1.31. The molecule has 0 unspecified atom stereocenters. The summed E-state index contributed by atoms with van der Waals surface area (Å²) in [6.45, 7) is 5.27. The van der Waals surface area contributed by atoms with Crippen molar-refractivity contribution in [2.75, 3.05) is 0 Å². The van der Waals surface area contributed by atoms with Crippen molar-refractivity contribution in [1.82, 2.24) is 5.43 Å². The smallest absolute Gasteiger partial charge is 0.0586 e. The molecule has 1 N–H and O–H groups in total. The molecule has 1 aliphatic heterocycles. The Morgan fingerprint density at radius 3 is 3.00 bits per heavy atom. The van der Waals surface area contributed by atoms with Crippen LogP contribution < -0.4 is 5.43 Å². The normalized spacial score (nSPS) is 14.1. The molecule has 0 saturated heterocycles. The van der Waals surface area contributed by atoms with Gasteiger partial charge in [0.25, 0.3) is 0 Å². The fraction of sp³-hybridized carbons (Fsp3) is 0.364. The van der Waals surface area contributed by atoms with Gasteiger partial charge in [0.05, 0.1) is 12.8 Å². The average molecular weight is 174 g/mol. The van der Waals surface area contributed by atoms with Crippen molar-refractivity contribution < 1.29 is 0 Å². The van der Waals surface area contributed by atoms with Crippen LogP contribution in [0.5, 0.6) is 0 Å². The van der Waals surface area contributed by atoms with Crippen LogP contribution in [0.4, 0.5) is 0 Å². The Balaban J connectivity index is 2.43. The standard InChI is InChI=1S/C11H14N2/c1-8(2)9-3-4-10-6-12-13-7-11(10)5-9/h3-5,7-8,12H,6H2,1-2H3. The van der Waals surface area contributed by atoms with Crippen molar-refractivity contribution in [2.45, 2.75) is 26.3 Å². The van der Waals surface area contributed by atoms with Gasteiger partial charge in [-0.15, -0.1) is 0 Å². The molecule has 0 fully saturated rings. The van der Waals surface area contributed by atoms with E-state index in [1.165, 1.54) is 16.7 Å². The van der Waals surface area contributed by atoms with Crippen LogP contribution in [0.15, 0.2) is 23.3 Å². The van der Waals surface area contributed by atoms with Crippen LogP contribution in [0.3, 0.4) is 0 Å². The fourth-order valence-corrected chi connectivity index (χ4v) is 1.50. The summed E-state index contributed by atoms with van der Waals surface area (Å²) in [6, 6.07) is 6.61. The van der Waals surface area contributed by atoms with Gasteiger partial charge in [-0.3, -0.25) is 0 Å². The second-order valence-electron chi connectivity index (χ2n) is 3.71. The zero-order valence-electron chi connectivity index (χ0n) is 8.04. The van der Waals surface area contributed by atoms with Gasteiger partial charge in [0.2, 0.25) is 0 Å². The maximum atomic E-state index is 4.04. The van der Waals surface area contributed by atoms with Crippen LogP contribution in [-0.4, -0.2) is 6.21 Å². The SMILES string of the molecule is CC(C)c1ccc2c(c1)C=NNC2. The van der Waals surface area contributed by atoms with E-state index < -0.39 is 0 Å². The number of nitrogens with zero attached hydrogens (tertiary/aromatic N) is 1. The second-order valence-corrected chi connectivity index (χ2v) is 3.71. The predicted molar refractivity (Wildman–Crippen MR) is 55.0 cm³/mol. The molecular weight excluding hydrogens is 160 g/mol. The molecule has 0 spiro atoms. The lowest BCUT2D eigenvalue weighted by Gasteiger charge is -2.13. The van der Waals surface area contributed by atoms with Gasteiger partial charge in [0.1, 0.15) is 0 Å². The zero-order valence-corrected chi connectivity index (χ0v) is 8.04. The van der Waals surface area contributed by atoms with Crippen molar-refractivity contribution in [3.05, 3.63) is 34.9 Å². The molecule has 1 aromatic carbocycles. The van der Waals surface area contributed by atoms with Crippen molar-refractivity contribution in [2.24, 2.45) is 5.10 Å². The van der Waals surface area contributed by atoms with E-state index in [1.54, 1.807) is 0 Å². The maximum Gasteiger partial charge on any atom is 0.0586 e. The first-order chi connectivity index (χ1) is 6.27. The van der Waals surface area contributed by atoms with Gasteiger partial charge >= 0.3 is 0 Å². The molecule has 0 radical (unpaired) electrons. The molecule has 1 heterocycles. The van der Waals surface area contributed by atoms with Crippen LogP contribution in [0.25, 0.3) is 0 Å². The molecule has 68 valence electrons. The Morgan fingerprint density at radius 2 is 2.23 bits per heavy atom. The maximum absolute atomic E-state index is 4.04. The van der Waals surface area contributed by atoms with E-state index in [0.29, 0.717) is 5.92 Å². The minimum absolute atomic E-state index is 0.591. The highest BCUT2D eigenvalue weighted by Gasteiger charge is 2.06. The largest absolute Gasteiger partial charge is 0.306 e.